The highest BCUT2D eigenvalue weighted by molar-refractivity contribution is 5.22. The van der Waals surface area contributed by atoms with Crippen molar-refractivity contribution in [1.29, 1.82) is 0 Å². The number of nitrogens with zero attached hydrogens (tertiary/aromatic N) is 2. The third-order valence-electron chi connectivity index (χ3n) is 2.90. The van der Waals surface area contributed by atoms with Crippen LogP contribution in [-0.4, -0.2) is 16.3 Å². The number of hydrogen-bond donors (Lipinski definition) is 1. The molecule has 0 radical (unpaired) electrons. The molecule has 1 aliphatic carbocycles. The number of aryl methyl sites for hydroxylation is 2. The van der Waals surface area contributed by atoms with E-state index in [-0.39, 0.29) is 0 Å². The molecule has 1 heterocycles. The molecular formula is C11H19N3. The van der Waals surface area contributed by atoms with Gasteiger partial charge in [-0.25, -0.2) is 0 Å². The predicted octanol–water partition coefficient (Wildman–Crippen LogP) is 1.79. The van der Waals surface area contributed by atoms with E-state index in [1.807, 2.05) is 11.7 Å². The molecule has 0 saturated heterocycles. The van der Waals surface area contributed by atoms with Crippen LogP contribution in [0.1, 0.15) is 37.1 Å². The van der Waals surface area contributed by atoms with Crippen molar-refractivity contribution in [2.24, 2.45) is 13.0 Å². The molecule has 3 nitrogen and oxygen atoms in total. The maximum Gasteiger partial charge on any atom is 0.0641 e. The Morgan fingerprint density at radius 3 is 2.79 bits per heavy atom. The van der Waals surface area contributed by atoms with Gasteiger partial charge in [0, 0.05) is 24.8 Å². The molecule has 14 heavy (non-hydrogen) atoms. The molecule has 0 bridgehead atoms. The summed E-state index contributed by atoms with van der Waals surface area (Å²) in [7, 11) is 1.99. The van der Waals surface area contributed by atoms with Gasteiger partial charge in [-0.1, -0.05) is 6.92 Å². The van der Waals surface area contributed by atoms with Gasteiger partial charge in [-0.15, -0.1) is 0 Å². The van der Waals surface area contributed by atoms with Crippen molar-refractivity contribution in [3.05, 3.63) is 17.5 Å². The van der Waals surface area contributed by atoms with Crippen LogP contribution in [0.2, 0.25) is 0 Å². The van der Waals surface area contributed by atoms with E-state index in [1.54, 1.807) is 0 Å². The third-order valence-corrected chi connectivity index (χ3v) is 2.90. The molecule has 0 aliphatic heterocycles. The fourth-order valence-corrected chi connectivity index (χ4v) is 2.10. The third kappa shape index (κ3) is 1.82. The Morgan fingerprint density at radius 1 is 1.64 bits per heavy atom. The van der Waals surface area contributed by atoms with Crippen LogP contribution in [0.15, 0.2) is 6.20 Å². The van der Waals surface area contributed by atoms with Gasteiger partial charge in [0.25, 0.3) is 0 Å². The average Bonchev–Trinajstić information content (AvgIpc) is 2.89. The number of rotatable bonds is 4. The van der Waals surface area contributed by atoms with Gasteiger partial charge in [-0.3, -0.25) is 4.68 Å². The monoisotopic (exact) mass is 193 g/mol. The molecule has 0 aromatic carbocycles. The second-order valence-corrected chi connectivity index (χ2v) is 4.22. The highest BCUT2D eigenvalue weighted by Crippen LogP contribution is 2.41. The SMILES string of the molecule is CCNC(c1cn(C)nc1C)C1CC1. The Morgan fingerprint density at radius 2 is 2.36 bits per heavy atom. The quantitative estimate of drug-likeness (QED) is 0.790. The van der Waals surface area contributed by atoms with Crippen molar-refractivity contribution in [2.45, 2.75) is 32.7 Å². The van der Waals surface area contributed by atoms with Crippen molar-refractivity contribution >= 4 is 0 Å². The largest absolute Gasteiger partial charge is 0.310 e. The summed E-state index contributed by atoms with van der Waals surface area (Å²) >= 11 is 0. The van der Waals surface area contributed by atoms with Crippen LogP contribution in [0.25, 0.3) is 0 Å². The fourth-order valence-electron chi connectivity index (χ4n) is 2.10. The van der Waals surface area contributed by atoms with E-state index in [1.165, 1.54) is 24.1 Å². The molecule has 1 saturated carbocycles. The molecule has 1 fully saturated rings. The van der Waals surface area contributed by atoms with Gasteiger partial charge in [0.2, 0.25) is 0 Å². The topological polar surface area (TPSA) is 29.9 Å². The minimum atomic E-state index is 0.536. The summed E-state index contributed by atoms with van der Waals surface area (Å²) in [4.78, 5) is 0. The lowest BCUT2D eigenvalue weighted by molar-refractivity contribution is 0.494. The Bertz CT molecular complexity index is 312. The van der Waals surface area contributed by atoms with Gasteiger partial charge >= 0.3 is 0 Å². The first kappa shape index (κ1) is 9.71. The van der Waals surface area contributed by atoms with Crippen LogP contribution in [0, 0.1) is 12.8 Å². The van der Waals surface area contributed by atoms with Crippen LogP contribution in [0.5, 0.6) is 0 Å². The number of aromatic nitrogens is 2. The normalized spacial score (nSPS) is 18.5. The zero-order valence-electron chi connectivity index (χ0n) is 9.25. The summed E-state index contributed by atoms with van der Waals surface area (Å²) in [6.07, 6.45) is 4.89. The molecule has 1 aliphatic rings. The zero-order valence-corrected chi connectivity index (χ0v) is 9.25. The molecule has 1 aromatic heterocycles. The van der Waals surface area contributed by atoms with Crippen molar-refractivity contribution in [3.8, 4) is 0 Å². The van der Waals surface area contributed by atoms with E-state index in [0.29, 0.717) is 6.04 Å². The van der Waals surface area contributed by atoms with Crippen LogP contribution >= 0.6 is 0 Å². The summed E-state index contributed by atoms with van der Waals surface area (Å²) in [6.45, 7) is 5.30. The molecule has 0 spiro atoms. The van der Waals surface area contributed by atoms with E-state index in [2.05, 4.69) is 30.5 Å². The van der Waals surface area contributed by atoms with Gasteiger partial charge < -0.3 is 5.32 Å². The molecule has 0 amide bonds. The van der Waals surface area contributed by atoms with Crippen LogP contribution in [0.4, 0.5) is 0 Å². The summed E-state index contributed by atoms with van der Waals surface area (Å²) in [5, 5.41) is 7.96. The van der Waals surface area contributed by atoms with Gasteiger partial charge in [0.15, 0.2) is 0 Å². The molecule has 2 rings (SSSR count). The average molecular weight is 193 g/mol. The van der Waals surface area contributed by atoms with E-state index in [0.717, 1.165) is 12.5 Å². The van der Waals surface area contributed by atoms with Crippen molar-refractivity contribution < 1.29 is 0 Å². The minimum absolute atomic E-state index is 0.536. The van der Waals surface area contributed by atoms with Crippen LogP contribution in [-0.2, 0) is 7.05 Å². The smallest absolute Gasteiger partial charge is 0.0641 e. The lowest BCUT2D eigenvalue weighted by Crippen LogP contribution is -2.22. The second kappa shape index (κ2) is 3.73. The summed E-state index contributed by atoms with van der Waals surface area (Å²) < 4.78 is 1.91. The molecule has 78 valence electrons. The molecule has 1 aromatic rings. The predicted molar refractivity (Wildman–Crippen MR) is 57.1 cm³/mol. The first-order chi connectivity index (χ1) is 6.72. The standard InChI is InChI=1S/C11H19N3/c1-4-12-11(9-5-6-9)10-7-14(3)13-8(10)2/h7,9,11-12H,4-6H2,1-3H3. The van der Waals surface area contributed by atoms with Crippen LogP contribution < -0.4 is 5.32 Å². The molecule has 1 atom stereocenters. The Labute approximate surface area is 85.5 Å². The van der Waals surface area contributed by atoms with Gasteiger partial charge in [-0.05, 0) is 32.2 Å². The summed E-state index contributed by atoms with van der Waals surface area (Å²) in [5.41, 5.74) is 2.56. The Hall–Kier alpha value is -0.830. The van der Waals surface area contributed by atoms with E-state index < -0.39 is 0 Å². The van der Waals surface area contributed by atoms with Crippen molar-refractivity contribution in [2.75, 3.05) is 6.54 Å². The molecular weight excluding hydrogens is 174 g/mol. The zero-order chi connectivity index (χ0) is 10.1. The molecule has 1 unspecified atom stereocenters. The van der Waals surface area contributed by atoms with Crippen LogP contribution in [0.3, 0.4) is 0 Å². The first-order valence-electron chi connectivity index (χ1n) is 5.46. The van der Waals surface area contributed by atoms with E-state index in [4.69, 9.17) is 0 Å². The highest BCUT2D eigenvalue weighted by Gasteiger charge is 2.33. The summed E-state index contributed by atoms with van der Waals surface area (Å²) in [5.74, 6) is 0.845. The Kier molecular flexibility index (Phi) is 2.59. The number of nitrogens with one attached hydrogen (secondary N) is 1. The second-order valence-electron chi connectivity index (χ2n) is 4.22. The Balaban J connectivity index is 2.20. The van der Waals surface area contributed by atoms with Crippen molar-refractivity contribution in [1.82, 2.24) is 15.1 Å². The maximum absolute atomic E-state index is 4.40. The van der Waals surface area contributed by atoms with Crippen molar-refractivity contribution in [3.63, 3.8) is 0 Å². The summed E-state index contributed by atoms with van der Waals surface area (Å²) in [6, 6.07) is 0.536. The first-order valence-corrected chi connectivity index (χ1v) is 5.46. The van der Waals surface area contributed by atoms with Gasteiger partial charge in [-0.2, -0.15) is 5.10 Å². The maximum atomic E-state index is 4.40. The van der Waals surface area contributed by atoms with E-state index in [9.17, 15) is 0 Å². The lowest BCUT2D eigenvalue weighted by atomic mass is 10.0. The highest BCUT2D eigenvalue weighted by atomic mass is 15.3. The lowest BCUT2D eigenvalue weighted by Gasteiger charge is -2.16. The fraction of sp³-hybridized carbons (Fsp3) is 0.727. The van der Waals surface area contributed by atoms with Gasteiger partial charge in [0.1, 0.15) is 0 Å². The minimum Gasteiger partial charge on any atom is -0.310 e. The number of hydrogen-bond acceptors (Lipinski definition) is 2. The van der Waals surface area contributed by atoms with Gasteiger partial charge in [0.05, 0.1) is 5.69 Å². The molecule has 1 N–H and O–H groups in total. The molecule has 3 heteroatoms. The van der Waals surface area contributed by atoms with E-state index >= 15 is 0 Å².